The third-order valence-corrected chi connectivity index (χ3v) is 3.98. The molecule has 0 unspecified atom stereocenters. The van der Waals surface area contributed by atoms with E-state index in [1.54, 1.807) is 19.2 Å². The summed E-state index contributed by atoms with van der Waals surface area (Å²) in [6.45, 7) is 3.95. The maximum absolute atomic E-state index is 12.9. The van der Waals surface area contributed by atoms with E-state index in [1.165, 1.54) is 12.1 Å². The first-order valence-electron chi connectivity index (χ1n) is 8.66. The Labute approximate surface area is 143 Å². The summed E-state index contributed by atoms with van der Waals surface area (Å²) in [7, 11) is 1.76. The van der Waals surface area contributed by atoms with Crippen molar-refractivity contribution in [1.82, 2.24) is 10.6 Å². The number of nitrogens with zero attached hydrogens (tertiary/aromatic N) is 1. The minimum Gasteiger partial charge on any atom is -0.381 e. The Morgan fingerprint density at radius 1 is 1.21 bits per heavy atom. The predicted molar refractivity (Wildman–Crippen MR) is 93.9 cm³/mol. The largest absolute Gasteiger partial charge is 0.381 e. The maximum Gasteiger partial charge on any atom is 0.190 e. The second-order valence-electron chi connectivity index (χ2n) is 5.84. The molecule has 2 N–H and O–H groups in total. The summed E-state index contributed by atoms with van der Waals surface area (Å²) in [6.07, 6.45) is 4.12. The van der Waals surface area contributed by atoms with Gasteiger partial charge in [-0.25, -0.2) is 4.39 Å². The lowest BCUT2D eigenvalue weighted by atomic mass is 10.1. The van der Waals surface area contributed by atoms with Crippen molar-refractivity contribution < 1.29 is 13.9 Å². The van der Waals surface area contributed by atoms with Crippen LogP contribution in [0.5, 0.6) is 0 Å². The number of nitrogens with one attached hydrogen (secondary N) is 2. The van der Waals surface area contributed by atoms with Gasteiger partial charge in [0.15, 0.2) is 5.96 Å². The van der Waals surface area contributed by atoms with Crippen molar-refractivity contribution in [3.63, 3.8) is 0 Å². The zero-order valence-electron chi connectivity index (χ0n) is 14.4. The Morgan fingerprint density at radius 2 is 1.92 bits per heavy atom. The van der Waals surface area contributed by atoms with Gasteiger partial charge in [-0.05, 0) is 43.4 Å². The van der Waals surface area contributed by atoms with Crippen molar-refractivity contribution in [3.05, 3.63) is 35.6 Å². The van der Waals surface area contributed by atoms with Crippen LogP contribution in [-0.4, -0.2) is 52.0 Å². The van der Waals surface area contributed by atoms with E-state index in [-0.39, 0.29) is 5.82 Å². The average Bonchev–Trinajstić information content (AvgIpc) is 2.62. The van der Waals surface area contributed by atoms with Gasteiger partial charge in [0.2, 0.25) is 0 Å². The Morgan fingerprint density at radius 3 is 2.62 bits per heavy atom. The van der Waals surface area contributed by atoms with E-state index in [2.05, 4.69) is 15.6 Å². The molecule has 0 amide bonds. The van der Waals surface area contributed by atoms with Gasteiger partial charge in [-0.1, -0.05) is 12.1 Å². The van der Waals surface area contributed by atoms with E-state index in [4.69, 9.17) is 9.47 Å². The number of hydrogen-bond acceptors (Lipinski definition) is 3. The van der Waals surface area contributed by atoms with E-state index >= 15 is 0 Å². The quantitative estimate of drug-likeness (QED) is 0.433. The zero-order valence-corrected chi connectivity index (χ0v) is 14.4. The van der Waals surface area contributed by atoms with Crippen molar-refractivity contribution >= 4 is 5.96 Å². The number of halogens is 1. The molecular weight excluding hydrogens is 309 g/mol. The molecule has 2 rings (SSSR count). The van der Waals surface area contributed by atoms with Gasteiger partial charge < -0.3 is 20.1 Å². The first kappa shape index (κ1) is 18.7. The molecule has 5 nitrogen and oxygen atoms in total. The Bertz CT molecular complexity index is 488. The summed E-state index contributed by atoms with van der Waals surface area (Å²) in [5.74, 6) is 0.579. The summed E-state index contributed by atoms with van der Waals surface area (Å²) in [5.41, 5.74) is 1.10. The van der Waals surface area contributed by atoms with Crippen LogP contribution >= 0.6 is 0 Å². The minimum absolute atomic E-state index is 0.202. The van der Waals surface area contributed by atoms with Crippen LogP contribution < -0.4 is 10.6 Å². The fourth-order valence-electron chi connectivity index (χ4n) is 2.57. The fraction of sp³-hybridized carbons (Fsp3) is 0.611. The highest BCUT2D eigenvalue weighted by Gasteiger charge is 2.13. The van der Waals surface area contributed by atoms with Crippen LogP contribution in [-0.2, 0) is 15.9 Å². The first-order valence-corrected chi connectivity index (χ1v) is 8.66. The van der Waals surface area contributed by atoms with Crippen LogP contribution in [0.1, 0.15) is 24.8 Å². The van der Waals surface area contributed by atoms with Gasteiger partial charge in [-0.2, -0.15) is 0 Å². The van der Waals surface area contributed by atoms with E-state index in [9.17, 15) is 4.39 Å². The van der Waals surface area contributed by atoms with Gasteiger partial charge in [0.05, 0.1) is 6.10 Å². The molecule has 134 valence electrons. The standard InChI is InChI=1S/C18H28FN3O2/c1-20-18(22-11-7-15-3-5-16(19)6-4-15)21-10-2-12-24-17-8-13-23-14-9-17/h3-6,17H,2,7-14H2,1H3,(H2,20,21,22). The highest BCUT2D eigenvalue weighted by molar-refractivity contribution is 5.79. The van der Waals surface area contributed by atoms with E-state index in [0.29, 0.717) is 6.10 Å². The molecule has 1 aliphatic heterocycles. The Hall–Kier alpha value is -1.66. The molecule has 1 saturated heterocycles. The molecule has 24 heavy (non-hydrogen) atoms. The number of benzene rings is 1. The lowest BCUT2D eigenvalue weighted by Crippen LogP contribution is -2.39. The highest BCUT2D eigenvalue weighted by atomic mass is 19.1. The Kier molecular flexibility index (Phi) is 8.55. The molecule has 0 aliphatic carbocycles. The molecule has 1 aliphatic rings. The molecule has 0 spiro atoms. The van der Waals surface area contributed by atoms with Crippen LogP contribution in [0.2, 0.25) is 0 Å². The van der Waals surface area contributed by atoms with E-state index in [1.807, 2.05) is 0 Å². The maximum atomic E-state index is 12.9. The average molecular weight is 337 g/mol. The van der Waals surface area contributed by atoms with Gasteiger partial charge in [0, 0.05) is 40.0 Å². The SMILES string of the molecule is CN=C(NCCCOC1CCOCC1)NCCc1ccc(F)cc1. The number of aliphatic imine (C=N–C) groups is 1. The molecule has 6 heteroatoms. The molecule has 0 aromatic heterocycles. The van der Waals surface area contributed by atoms with Crippen LogP contribution in [0, 0.1) is 5.82 Å². The van der Waals surface area contributed by atoms with Gasteiger partial charge in [0.25, 0.3) is 0 Å². The summed E-state index contributed by atoms with van der Waals surface area (Å²) >= 11 is 0. The molecule has 0 atom stereocenters. The third-order valence-electron chi connectivity index (χ3n) is 3.98. The lowest BCUT2D eigenvalue weighted by molar-refractivity contribution is -0.0320. The number of hydrogen-bond donors (Lipinski definition) is 2. The third kappa shape index (κ3) is 7.27. The molecule has 1 heterocycles. The summed E-state index contributed by atoms with van der Waals surface area (Å²) in [5, 5.41) is 6.54. The van der Waals surface area contributed by atoms with Crippen molar-refractivity contribution in [2.45, 2.75) is 31.8 Å². The monoisotopic (exact) mass is 337 g/mol. The molecule has 0 saturated carbocycles. The number of ether oxygens (including phenoxy) is 2. The zero-order chi connectivity index (χ0) is 17.0. The van der Waals surface area contributed by atoms with Crippen LogP contribution in [0.3, 0.4) is 0 Å². The smallest absolute Gasteiger partial charge is 0.190 e. The fourth-order valence-corrected chi connectivity index (χ4v) is 2.57. The number of rotatable bonds is 8. The second kappa shape index (κ2) is 11.0. The molecule has 0 bridgehead atoms. The summed E-state index contributed by atoms with van der Waals surface area (Å²) < 4.78 is 24.0. The van der Waals surface area contributed by atoms with Crippen LogP contribution in [0.4, 0.5) is 4.39 Å². The minimum atomic E-state index is -0.202. The predicted octanol–water partition coefficient (Wildman–Crippen LogP) is 2.12. The van der Waals surface area contributed by atoms with Gasteiger partial charge in [0.1, 0.15) is 5.82 Å². The number of guanidine groups is 1. The first-order chi connectivity index (χ1) is 11.8. The molecular formula is C18H28FN3O2. The topological polar surface area (TPSA) is 54.9 Å². The Balaban J connectivity index is 1.52. The molecule has 1 aromatic rings. The van der Waals surface area contributed by atoms with Crippen molar-refractivity contribution in [2.75, 3.05) is 40.0 Å². The van der Waals surface area contributed by atoms with E-state index < -0.39 is 0 Å². The lowest BCUT2D eigenvalue weighted by Gasteiger charge is -2.22. The van der Waals surface area contributed by atoms with Crippen LogP contribution in [0.15, 0.2) is 29.3 Å². The summed E-state index contributed by atoms with van der Waals surface area (Å²) in [6, 6.07) is 6.59. The van der Waals surface area contributed by atoms with Crippen molar-refractivity contribution in [2.24, 2.45) is 4.99 Å². The van der Waals surface area contributed by atoms with Crippen LogP contribution in [0.25, 0.3) is 0 Å². The van der Waals surface area contributed by atoms with Gasteiger partial charge >= 0.3 is 0 Å². The molecule has 1 aromatic carbocycles. The van der Waals surface area contributed by atoms with Crippen molar-refractivity contribution in [3.8, 4) is 0 Å². The second-order valence-corrected chi connectivity index (χ2v) is 5.84. The normalized spacial score (nSPS) is 16.2. The van der Waals surface area contributed by atoms with Gasteiger partial charge in [-0.15, -0.1) is 0 Å². The van der Waals surface area contributed by atoms with E-state index in [0.717, 1.165) is 70.1 Å². The molecule has 1 fully saturated rings. The van der Waals surface area contributed by atoms with Gasteiger partial charge in [-0.3, -0.25) is 4.99 Å². The highest BCUT2D eigenvalue weighted by Crippen LogP contribution is 2.10. The van der Waals surface area contributed by atoms with Crippen molar-refractivity contribution in [1.29, 1.82) is 0 Å². The molecule has 0 radical (unpaired) electrons. The summed E-state index contributed by atoms with van der Waals surface area (Å²) in [4.78, 5) is 4.20.